The molecule has 1 atom stereocenters. The molecular formula is C22H35N3O2. The monoisotopic (exact) mass is 373 g/mol. The maximum absolute atomic E-state index is 12.8. The van der Waals surface area contributed by atoms with Gasteiger partial charge in [-0.1, -0.05) is 19.9 Å². The van der Waals surface area contributed by atoms with Crippen LogP contribution in [0.4, 0.5) is 10.6 Å². The van der Waals surface area contributed by atoms with Gasteiger partial charge in [0.15, 0.2) is 0 Å². The summed E-state index contributed by atoms with van der Waals surface area (Å²) in [6.45, 7) is 12.6. The van der Waals surface area contributed by atoms with Crippen molar-refractivity contribution in [3.8, 4) is 0 Å². The molecule has 3 rings (SSSR count). The van der Waals surface area contributed by atoms with Crippen molar-refractivity contribution < 1.29 is 9.53 Å². The van der Waals surface area contributed by atoms with Crippen LogP contribution in [0.2, 0.25) is 0 Å². The number of rotatable bonds is 5. The zero-order chi connectivity index (χ0) is 19.6. The number of hydrogen-bond donors (Lipinski definition) is 0. The van der Waals surface area contributed by atoms with Crippen molar-refractivity contribution in [1.82, 2.24) is 9.88 Å². The van der Waals surface area contributed by atoms with E-state index in [1.807, 2.05) is 33.0 Å². The zero-order valence-corrected chi connectivity index (χ0v) is 17.6. The molecule has 150 valence electrons. The molecule has 0 bridgehead atoms. The van der Waals surface area contributed by atoms with Gasteiger partial charge < -0.3 is 4.74 Å². The molecule has 1 aromatic heterocycles. The summed E-state index contributed by atoms with van der Waals surface area (Å²) >= 11 is 0. The third-order valence-corrected chi connectivity index (χ3v) is 5.40. The third kappa shape index (κ3) is 5.01. The summed E-state index contributed by atoms with van der Waals surface area (Å²) in [5, 5.41) is 0. The lowest BCUT2D eigenvalue weighted by Crippen LogP contribution is -2.47. The molecule has 2 heterocycles. The molecule has 1 unspecified atom stereocenters. The average Bonchev–Trinajstić information content (AvgIpc) is 2.96. The molecule has 5 heteroatoms. The van der Waals surface area contributed by atoms with Gasteiger partial charge in [-0.15, -0.1) is 0 Å². The zero-order valence-electron chi connectivity index (χ0n) is 17.6. The second-order valence-corrected chi connectivity index (χ2v) is 9.43. The van der Waals surface area contributed by atoms with Crippen molar-refractivity contribution in [2.45, 2.75) is 84.4 Å². The molecule has 27 heavy (non-hydrogen) atoms. The van der Waals surface area contributed by atoms with Crippen LogP contribution >= 0.6 is 0 Å². The Hall–Kier alpha value is -1.62. The molecule has 5 nitrogen and oxygen atoms in total. The summed E-state index contributed by atoms with van der Waals surface area (Å²) in [7, 11) is 0. The smallest absolute Gasteiger partial charge is 0.416 e. The number of pyridine rings is 1. The number of carbonyl (C=O) groups is 1. The standard InChI is InChI=1S/C22H35N3O2/c1-16(2)15-24-13-7-10-19(24)17-11-12-20(23-14-17)25(18-8-6-9-18)21(26)27-22(3,4)5/h11-12,14,16,18-19H,6-10,13,15H2,1-5H3. The number of carbonyl (C=O) groups excluding carboxylic acids is 1. The van der Waals surface area contributed by atoms with Gasteiger partial charge in [0, 0.05) is 24.8 Å². The summed E-state index contributed by atoms with van der Waals surface area (Å²) in [4.78, 5) is 21.8. The van der Waals surface area contributed by atoms with E-state index in [4.69, 9.17) is 4.74 Å². The maximum atomic E-state index is 12.8. The lowest BCUT2D eigenvalue weighted by atomic mass is 9.91. The number of aromatic nitrogens is 1. The normalized spacial score (nSPS) is 21.3. The van der Waals surface area contributed by atoms with Crippen molar-refractivity contribution in [3.63, 3.8) is 0 Å². The third-order valence-electron chi connectivity index (χ3n) is 5.40. The summed E-state index contributed by atoms with van der Waals surface area (Å²) in [6, 6.07) is 4.82. The Morgan fingerprint density at radius 2 is 2.00 bits per heavy atom. The minimum Gasteiger partial charge on any atom is -0.443 e. The number of amides is 1. The maximum Gasteiger partial charge on any atom is 0.416 e. The Balaban J connectivity index is 1.76. The first-order chi connectivity index (χ1) is 12.7. The van der Waals surface area contributed by atoms with Gasteiger partial charge in [-0.25, -0.2) is 9.78 Å². The van der Waals surface area contributed by atoms with E-state index >= 15 is 0 Å². The molecule has 2 aliphatic rings. The molecule has 1 aliphatic carbocycles. The van der Waals surface area contributed by atoms with Gasteiger partial charge in [0.2, 0.25) is 0 Å². The van der Waals surface area contributed by atoms with E-state index in [1.54, 1.807) is 4.90 Å². The van der Waals surface area contributed by atoms with Crippen LogP contribution in [0.5, 0.6) is 0 Å². The van der Waals surface area contributed by atoms with Crippen molar-refractivity contribution in [2.75, 3.05) is 18.0 Å². The van der Waals surface area contributed by atoms with Gasteiger partial charge in [-0.3, -0.25) is 9.80 Å². The van der Waals surface area contributed by atoms with Gasteiger partial charge in [0.1, 0.15) is 11.4 Å². The lowest BCUT2D eigenvalue weighted by molar-refractivity contribution is 0.0548. The molecule has 1 saturated carbocycles. The minimum atomic E-state index is -0.500. The van der Waals surface area contributed by atoms with Gasteiger partial charge >= 0.3 is 6.09 Å². The predicted octanol–water partition coefficient (Wildman–Crippen LogP) is 5.17. The molecule has 1 amide bonds. The van der Waals surface area contributed by atoms with E-state index in [0.717, 1.165) is 32.4 Å². The van der Waals surface area contributed by atoms with Gasteiger partial charge in [-0.05, 0) is 77.0 Å². The Labute approximate surface area is 164 Å². The molecule has 0 spiro atoms. The molecule has 1 saturated heterocycles. The second kappa shape index (κ2) is 8.17. The molecule has 0 N–H and O–H groups in total. The van der Waals surface area contributed by atoms with Crippen LogP contribution in [0.3, 0.4) is 0 Å². The summed E-state index contributed by atoms with van der Waals surface area (Å²) in [5.41, 5.74) is 0.759. The molecule has 2 fully saturated rings. The van der Waals surface area contributed by atoms with Crippen LogP contribution in [-0.2, 0) is 4.74 Å². The highest BCUT2D eigenvalue weighted by molar-refractivity contribution is 5.87. The summed E-state index contributed by atoms with van der Waals surface area (Å²) in [6.07, 6.45) is 7.32. The van der Waals surface area contributed by atoms with Crippen LogP contribution in [0.25, 0.3) is 0 Å². The Bertz CT molecular complexity index is 632. The highest BCUT2D eigenvalue weighted by Crippen LogP contribution is 2.34. The number of likely N-dealkylation sites (tertiary alicyclic amines) is 1. The largest absolute Gasteiger partial charge is 0.443 e. The van der Waals surface area contributed by atoms with Crippen molar-refractivity contribution in [3.05, 3.63) is 23.9 Å². The number of anilines is 1. The number of hydrogen-bond acceptors (Lipinski definition) is 4. The van der Waals surface area contributed by atoms with E-state index in [9.17, 15) is 4.79 Å². The van der Waals surface area contributed by atoms with Gasteiger partial charge in [0.25, 0.3) is 0 Å². The Morgan fingerprint density at radius 3 is 2.52 bits per heavy atom. The lowest BCUT2D eigenvalue weighted by Gasteiger charge is -2.37. The number of ether oxygens (including phenoxy) is 1. The van der Waals surface area contributed by atoms with Gasteiger partial charge in [-0.2, -0.15) is 0 Å². The molecule has 1 aliphatic heterocycles. The van der Waals surface area contributed by atoms with E-state index in [2.05, 4.69) is 29.8 Å². The fourth-order valence-electron chi connectivity index (χ4n) is 4.01. The molecular weight excluding hydrogens is 338 g/mol. The fourth-order valence-corrected chi connectivity index (χ4v) is 4.01. The number of nitrogens with zero attached hydrogens (tertiary/aromatic N) is 3. The topological polar surface area (TPSA) is 45.7 Å². The van der Waals surface area contributed by atoms with Crippen molar-refractivity contribution in [2.24, 2.45) is 5.92 Å². The van der Waals surface area contributed by atoms with Crippen LogP contribution in [0.15, 0.2) is 18.3 Å². The first-order valence-electron chi connectivity index (χ1n) is 10.5. The second-order valence-electron chi connectivity index (χ2n) is 9.43. The summed E-state index contributed by atoms with van der Waals surface area (Å²) in [5.74, 6) is 1.38. The quantitative estimate of drug-likeness (QED) is 0.714. The van der Waals surface area contributed by atoms with Crippen molar-refractivity contribution >= 4 is 11.9 Å². The van der Waals surface area contributed by atoms with Crippen LogP contribution in [0, 0.1) is 5.92 Å². The highest BCUT2D eigenvalue weighted by atomic mass is 16.6. The van der Waals surface area contributed by atoms with Crippen LogP contribution in [-0.4, -0.2) is 40.7 Å². The predicted molar refractivity (Wildman–Crippen MR) is 109 cm³/mol. The highest BCUT2D eigenvalue weighted by Gasteiger charge is 2.34. The van der Waals surface area contributed by atoms with Gasteiger partial charge in [0.05, 0.1) is 0 Å². The first kappa shape index (κ1) is 20.1. The van der Waals surface area contributed by atoms with E-state index in [0.29, 0.717) is 17.8 Å². The van der Waals surface area contributed by atoms with Crippen molar-refractivity contribution in [1.29, 1.82) is 0 Å². The first-order valence-corrected chi connectivity index (χ1v) is 10.5. The van der Waals surface area contributed by atoms with Crippen LogP contribution < -0.4 is 4.90 Å². The van der Waals surface area contributed by atoms with Crippen LogP contribution in [0.1, 0.15) is 78.3 Å². The molecule has 1 aromatic rings. The van der Waals surface area contributed by atoms with E-state index in [-0.39, 0.29) is 12.1 Å². The molecule has 0 radical (unpaired) electrons. The summed E-state index contributed by atoms with van der Waals surface area (Å²) < 4.78 is 5.64. The Kier molecular flexibility index (Phi) is 6.09. The van der Waals surface area contributed by atoms with E-state index in [1.165, 1.54) is 18.4 Å². The Morgan fingerprint density at radius 1 is 1.26 bits per heavy atom. The minimum absolute atomic E-state index is 0.210. The average molecular weight is 374 g/mol. The fraction of sp³-hybridized carbons (Fsp3) is 0.727. The SMILES string of the molecule is CC(C)CN1CCCC1c1ccc(N(C(=O)OC(C)(C)C)C2CCC2)nc1. The van der Waals surface area contributed by atoms with E-state index < -0.39 is 5.60 Å². The molecule has 0 aromatic carbocycles.